The molecule has 0 spiro atoms. The SMILES string of the molecule is CNC(C)c1cccc(F)c1Oc1cccc(Br)c1. The third-order valence-electron chi connectivity index (χ3n) is 2.91. The van der Waals surface area contributed by atoms with Gasteiger partial charge in [0.2, 0.25) is 0 Å². The lowest BCUT2D eigenvalue weighted by atomic mass is 10.1. The first-order valence-electron chi connectivity index (χ1n) is 6.01. The maximum Gasteiger partial charge on any atom is 0.167 e. The average molecular weight is 324 g/mol. The van der Waals surface area contributed by atoms with E-state index in [0.717, 1.165) is 10.0 Å². The lowest BCUT2D eigenvalue weighted by Crippen LogP contribution is -2.13. The van der Waals surface area contributed by atoms with E-state index in [1.54, 1.807) is 18.2 Å². The first-order chi connectivity index (χ1) is 9.11. The summed E-state index contributed by atoms with van der Waals surface area (Å²) in [5, 5.41) is 3.09. The van der Waals surface area contributed by atoms with Crippen molar-refractivity contribution >= 4 is 15.9 Å². The Hall–Kier alpha value is -1.39. The zero-order chi connectivity index (χ0) is 13.8. The van der Waals surface area contributed by atoms with Gasteiger partial charge in [0, 0.05) is 16.1 Å². The Balaban J connectivity index is 2.38. The predicted octanol–water partition coefficient (Wildman–Crippen LogP) is 4.66. The van der Waals surface area contributed by atoms with Gasteiger partial charge in [-0.2, -0.15) is 0 Å². The summed E-state index contributed by atoms with van der Waals surface area (Å²) in [6, 6.07) is 12.3. The fraction of sp³-hybridized carbons (Fsp3) is 0.200. The molecule has 0 aromatic heterocycles. The van der Waals surface area contributed by atoms with Crippen LogP contribution in [0, 0.1) is 5.82 Å². The Morgan fingerprint density at radius 3 is 2.63 bits per heavy atom. The van der Waals surface area contributed by atoms with Gasteiger partial charge in [0.1, 0.15) is 5.75 Å². The van der Waals surface area contributed by atoms with Crippen molar-refractivity contribution in [2.45, 2.75) is 13.0 Å². The minimum absolute atomic E-state index is 0.0119. The zero-order valence-electron chi connectivity index (χ0n) is 10.8. The molecular formula is C15H15BrFNO. The van der Waals surface area contributed by atoms with E-state index in [4.69, 9.17) is 4.74 Å². The third-order valence-corrected chi connectivity index (χ3v) is 3.41. The van der Waals surface area contributed by atoms with Crippen molar-refractivity contribution in [3.8, 4) is 11.5 Å². The van der Waals surface area contributed by atoms with Gasteiger partial charge in [0.25, 0.3) is 0 Å². The molecule has 0 fully saturated rings. The van der Waals surface area contributed by atoms with Crippen molar-refractivity contribution in [2.24, 2.45) is 0 Å². The number of rotatable bonds is 4. The lowest BCUT2D eigenvalue weighted by molar-refractivity contribution is 0.428. The van der Waals surface area contributed by atoms with Crippen molar-refractivity contribution in [1.29, 1.82) is 0 Å². The molecule has 1 N–H and O–H groups in total. The second kappa shape index (κ2) is 6.17. The Morgan fingerprint density at radius 1 is 1.21 bits per heavy atom. The van der Waals surface area contributed by atoms with Gasteiger partial charge in [-0.25, -0.2) is 4.39 Å². The van der Waals surface area contributed by atoms with E-state index in [-0.39, 0.29) is 17.6 Å². The highest BCUT2D eigenvalue weighted by atomic mass is 79.9. The second-order valence-corrected chi connectivity index (χ2v) is 5.14. The van der Waals surface area contributed by atoms with Gasteiger partial charge in [-0.1, -0.05) is 34.1 Å². The molecular weight excluding hydrogens is 309 g/mol. The van der Waals surface area contributed by atoms with E-state index in [2.05, 4.69) is 21.2 Å². The van der Waals surface area contributed by atoms with Crippen LogP contribution in [0.3, 0.4) is 0 Å². The highest BCUT2D eigenvalue weighted by Crippen LogP contribution is 2.32. The summed E-state index contributed by atoms with van der Waals surface area (Å²) in [7, 11) is 1.83. The molecule has 0 aliphatic heterocycles. The number of nitrogens with one attached hydrogen (secondary N) is 1. The Labute approximate surface area is 120 Å². The summed E-state index contributed by atoms with van der Waals surface area (Å²) in [5.41, 5.74) is 0.794. The van der Waals surface area contributed by atoms with E-state index < -0.39 is 0 Å². The first kappa shape index (κ1) is 14.0. The Bertz CT molecular complexity index is 574. The van der Waals surface area contributed by atoms with Gasteiger partial charge in [0.15, 0.2) is 11.6 Å². The van der Waals surface area contributed by atoms with Gasteiger partial charge in [-0.05, 0) is 38.2 Å². The molecule has 2 nitrogen and oxygen atoms in total. The number of hydrogen-bond acceptors (Lipinski definition) is 2. The predicted molar refractivity (Wildman–Crippen MR) is 78.1 cm³/mol. The molecule has 0 bridgehead atoms. The normalized spacial score (nSPS) is 12.2. The van der Waals surface area contributed by atoms with Gasteiger partial charge >= 0.3 is 0 Å². The van der Waals surface area contributed by atoms with Crippen LogP contribution in [0.5, 0.6) is 11.5 Å². The number of para-hydroxylation sites is 1. The van der Waals surface area contributed by atoms with Gasteiger partial charge in [0.05, 0.1) is 0 Å². The monoisotopic (exact) mass is 323 g/mol. The van der Waals surface area contributed by atoms with Crippen molar-refractivity contribution in [2.75, 3.05) is 7.05 Å². The second-order valence-electron chi connectivity index (χ2n) is 4.23. The van der Waals surface area contributed by atoms with Crippen LogP contribution in [0.25, 0.3) is 0 Å². The minimum atomic E-state index is -0.362. The number of hydrogen-bond donors (Lipinski definition) is 1. The number of ether oxygens (including phenoxy) is 1. The zero-order valence-corrected chi connectivity index (χ0v) is 12.4. The molecule has 2 rings (SSSR count). The summed E-state index contributed by atoms with van der Waals surface area (Å²) in [4.78, 5) is 0. The largest absolute Gasteiger partial charge is 0.454 e. The summed E-state index contributed by atoms with van der Waals surface area (Å²) in [6.07, 6.45) is 0. The van der Waals surface area contributed by atoms with Crippen LogP contribution < -0.4 is 10.1 Å². The number of benzene rings is 2. The molecule has 1 unspecified atom stereocenters. The van der Waals surface area contributed by atoms with Crippen molar-refractivity contribution < 1.29 is 9.13 Å². The Morgan fingerprint density at radius 2 is 1.95 bits per heavy atom. The molecule has 19 heavy (non-hydrogen) atoms. The van der Waals surface area contributed by atoms with Crippen LogP contribution in [0.2, 0.25) is 0 Å². The van der Waals surface area contributed by atoms with Crippen LogP contribution in [-0.2, 0) is 0 Å². The van der Waals surface area contributed by atoms with Crippen LogP contribution >= 0.6 is 15.9 Å². The number of halogens is 2. The fourth-order valence-corrected chi connectivity index (χ4v) is 2.16. The molecule has 4 heteroatoms. The molecule has 0 saturated heterocycles. The standard InChI is InChI=1S/C15H15BrFNO/c1-10(18-2)13-7-4-8-14(17)15(13)19-12-6-3-5-11(16)9-12/h3-10,18H,1-2H3. The summed E-state index contributed by atoms with van der Waals surface area (Å²) in [6.45, 7) is 1.96. The van der Waals surface area contributed by atoms with Crippen LogP contribution in [0.15, 0.2) is 46.9 Å². The molecule has 0 aliphatic rings. The van der Waals surface area contributed by atoms with Crippen molar-refractivity contribution in [3.05, 3.63) is 58.3 Å². The molecule has 0 saturated carbocycles. The summed E-state index contributed by atoms with van der Waals surface area (Å²) < 4.78 is 20.6. The van der Waals surface area contributed by atoms with E-state index in [1.165, 1.54) is 6.07 Å². The smallest absolute Gasteiger partial charge is 0.167 e. The maximum atomic E-state index is 14.0. The molecule has 1 atom stereocenters. The molecule has 0 radical (unpaired) electrons. The van der Waals surface area contributed by atoms with Crippen LogP contribution in [0.1, 0.15) is 18.5 Å². The van der Waals surface area contributed by atoms with Crippen molar-refractivity contribution in [1.82, 2.24) is 5.32 Å². The van der Waals surface area contributed by atoms with E-state index in [1.807, 2.05) is 32.2 Å². The fourth-order valence-electron chi connectivity index (χ4n) is 1.78. The molecule has 100 valence electrons. The minimum Gasteiger partial charge on any atom is -0.454 e. The third kappa shape index (κ3) is 3.33. The molecule has 2 aromatic rings. The van der Waals surface area contributed by atoms with E-state index in [0.29, 0.717) is 5.75 Å². The topological polar surface area (TPSA) is 21.3 Å². The average Bonchev–Trinajstić information content (AvgIpc) is 2.40. The lowest BCUT2D eigenvalue weighted by Gasteiger charge is -2.17. The quantitative estimate of drug-likeness (QED) is 0.883. The maximum absolute atomic E-state index is 14.0. The highest BCUT2D eigenvalue weighted by Gasteiger charge is 2.15. The first-order valence-corrected chi connectivity index (χ1v) is 6.80. The van der Waals surface area contributed by atoms with Gasteiger partial charge in [-0.15, -0.1) is 0 Å². The summed E-state index contributed by atoms with van der Waals surface area (Å²) >= 11 is 3.37. The van der Waals surface area contributed by atoms with Gasteiger partial charge < -0.3 is 10.1 Å². The van der Waals surface area contributed by atoms with E-state index >= 15 is 0 Å². The van der Waals surface area contributed by atoms with E-state index in [9.17, 15) is 4.39 Å². The Kier molecular flexibility index (Phi) is 4.56. The molecule has 0 aliphatic carbocycles. The van der Waals surface area contributed by atoms with Crippen LogP contribution in [0.4, 0.5) is 4.39 Å². The van der Waals surface area contributed by atoms with Crippen LogP contribution in [-0.4, -0.2) is 7.05 Å². The molecule has 0 heterocycles. The highest BCUT2D eigenvalue weighted by molar-refractivity contribution is 9.10. The van der Waals surface area contributed by atoms with Gasteiger partial charge in [-0.3, -0.25) is 0 Å². The summed E-state index contributed by atoms with van der Waals surface area (Å²) in [5.74, 6) is 0.506. The van der Waals surface area contributed by atoms with Crippen molar-refractivity contribution in [3.63, 3.8) is 0 Å². The molecule has 2 aromatic carbocycles. The molecule has 0 amide bonds.